The molecule has 0 unspecified atom stereocenters. The number of alkyl halides is 2. The summed E-state index contributed by atoms with van der Waals surface area (Å²) in [6.45, 7) is 3.00. The monoisotopic (exact) mass is 181 g/mol. The minimum atomic E-state index is -2.38. The number of aliphatic hydroxyl groups is 1. The Morgan fingerprint density at radius 3 is 1.92 bits per heavy atom. The lowest BCUT2D eigenvalue weighted by Gasteiger charge is -2.28. The van der Waals surface area contributed by atoms with Crippen molar-refractivity contribution >= 4 is 0 Å². The van der Waals surface area contributed by atoms with E-state index in [4.69, 9.17) is 5.11 Å². The molecule has 0 aromatic carbocycles. The Morgan fingerprint density at radius 2 is 1.67 bits per heavy atom. The fourth-order valence-corrected chi connectivity index (χ4v) is 0.946. The van der Waals surface area contributed by atoms with Crippen molar-refractivity contribution in [1.82, 2.24) is 4.90 Å². The maximum Gasteiger partial charge on any atom is 0.250 e. The van der Waals surface area contributed by atoms with Gasteiger partial charge in [0.05, 0.1) is 0 Å². The quantitative estimate of drug-likeness (QED) is 0.609. The molecule has 1 saturated heterocycles. The third-order valence-corrected chi connectivity index (χ3v) is 1.72. The van der Waals surface area contributed by atoms with Crippen molar-refractivity contribution in [2.45, 2.75) is 25.7 Å². The number of halogens is 2. The lowest BCUT2D eigenvalue weighted by atomic mass is 10.1. The smallest absolute Gasteiger partial charge is 0.250 e. The Kier molecular flexibility index (Phi) is 5.33. The second-order valence-electron chi connectivity index (χ2n) is 2.98. The summed E-state index contributed by atoms with van der Waals surface area (Å²) in [5.41, 5.74) is 0. The second-order valence-corrected chi connectivity index (χ2v) is 2.98. The van der Waals surface area contributed by atoms with E-state index in [9.17, 15) is 8.78 Å². The highest BCUT2D eigenvalue weighted by atomic mass is 19.3. The Balaban J connectivity index is 0.000000354. The molecular formula is C8H17F2NO. The van der Waals surface area contributed by atoms with Gasteiger partial charge >= 0.3 is 0 Å². The molecule has 0 bridgehead atoms. The zero-order chi connectivity index (χ0) is 9.61. The molecule has 74 valence electrons. The van der Waals surface area contributed by atoms with Crippen LogP contribution in [-0.4, -0.2) is 42.7 Å². The largest absolute Gasteiger partial charge is 0.397 e. The zero-order valence-corrected chi connectivity index (χ0v) is 7.69. The molecule has 0 aromatic heterocycles. The SMILES string of the molecule is CCO.CN1CCC(F)(F)CC1. The summed E-state index contributed by atoms with van der Waals surface area (Å²) in [5, 5.41) is 7.57. The van der Waals surface area contributed by atoms with E-state index in [1.165, 1.54) is 0 Å². The van der Waals surface area contributed by atoms with Crippen molar-refractivity contribution in [3.8, 4) is 0 Å². The van der Waals surface area contributed by atoms with Crippen molar-refractivity contribution in [2.24, 2.45) is 0 Å². The Hall–Kier alpha value is -0.220. The first-order valence-corrected chi connectivity index (χ1v) is 4.19. The molecule has 12 heavy (non-hydrogen) atoms. The second kappa shape index (κ2) is 5.43. The van der Waals surface area contributed by atoms with Gasteiger partial charge in [-0.25, -0.2) is 8.78 Å². The molecular weight excluding hydrogens is 164 g/mol. The predicted octanol–water partition coefficient (Wildman–Crippen LogP) is 1.35. The minimum Gasteiger partial charge on any atom is -0.397 e. The van der Waals surface area contributed by atoms with Crippen LogP contribution in [0.3, 0.4) is 0 Å². The Labute approximate surface area is 72.2 Å². The average molecular weight is 181 g/mol. The van der Waals surface area contributed by atoms with Crippen LogP contribution in [0.25, 0.3) is 0 Å². The molecule has 1 N–H and O–H groups in total. The van der Waals surface area contributed by atoms with Gasteiger partial charge in [-0.1, -0.05) is 0 Å². The van der Waals surface area contributed by atoms with Crippen LogP contribution >= 0.6 is 0 Å². The van der Waals surface area contributed by atoms with Gasteiger partial charge in [-0.05, 0) is 14.0 Å². The van der Waals surface area contributed by atoms with Crippen LogP contribution < -0.4 is 0 Å². The number of nitrogens with zero attached hydrogens (tertiary/aromatic N) is 1. The molecule has 0 amide bonds. The van der Waals surface area contributed by atoms with Gasteiger partial charge in [0.25, 0.3) is 5.92 Å². The average Bonchev–Trinajstić information content (AvgIpc) is 1.98. The highest BCUT2D eigenvalue weighted by molar-refractivity contribution is 4.75. The van der Waals surface area contributed by atoms with E-state index in [-0.39, 0.29) is 19.4 Å². The van der Waals surface area contributed by atoms with Gasteiger partial charge in [0.2, 0.25) is 0 Å². The number of piperidine rings is 1. The molecule has 0 aromatic rings. The lowest BCUT2D eigenvalue weighted by Crippen LogP contribution is -2.36. The molecule has 0 aliphatic carbocycles. The molecule has 1 rings (SSSR count). The van der Waals surface area contributed by atoms with Crippen LogP contribution in [0, 0.1) is 0 Å². The topological polar surface area (TPSA) is 23.5 Å². The zero-order valence-electron chi connectivity index (χ0n) is 7.69. The van der Waals surface area contributed by atoms with Gasteiger partial charge in [0.15, 0.2) is 0 Å². The highest BCUT2D eigenvalue weighted by Crippen LogP contribution is 2.26. The van der Waals surface area contributed by atoms with Crippen LogP contribution in [0.1, 0.15) is 19.8 Å². The van der Waals surface area contributed by atoms with E-state index in [0.29, 0.717) is 13.1 Å². The number of rotatable bonds is 0. The van der Waals surface area contributed by atoms with Crippen LogP contribution in [0.4, 0.5) is 8.78 Å². The maximum atomic E-state index is 12.4. The Bertz CT molecular complexity index is 110. The van der Waals surface area contributed by atoms with Gasteiger partial charge in [0, 0.05) is 32.5 Å². The molecule has 0 saturated carbocycles. The molecule has 1 aliphatic heterocycles. The molecule has 0 atom stereocenters. The summed E-state index contributed by atoms with van der Waals surface area (Å²) in [6, 6.07) is 0. The molecule has 4 heteroatoms. The number of hydrogen-bond acceptors (Lipinski definition) is 2. The summed E-state index contributed by atoms with van der Waals surface area (Å²) in [4.78, 5) is 1.93. The summed E-state index contributed by atoms with van der Waals surface area (Å²) in [7, 11) is 1.87. The number of aliphatic hydroxyl groups excluding tert-OH is 1. The van der Waals surface area contributed by atoms with E-state index >= 15 is 0 Å². The van der Waals surface area contributed by atoms with E-state index < -0.39 is 5.92 Å². The van der Waals surface area contributed by atoms with Crippen LogP contribution in [0.5, 0.6) is 0 Å². The van der Waals surface area contributed by atoms with Crippen LogP contribution in [0.2, 0.25) is 0 Å². The van der Waals surface area contributed by atoms with E-state index in [2.05, 4.69) is 0 Å². The van der Waals surface area contributed by atoms with Gasteiger partial charge in [-0.2, -0.15) is 0 Å². The number of likely N-dealkylation sites (tertiary alicyclic amines) is 1. The maximum absolute atomic E-state index is 12.4. The first-order valence-electron chi connectivity index (χ1n) is 4.19. The van der Waals surface area contributed by atoms with Crippen molar-refractivity contribution < 1.29 is 13.9 Å². The lowest BCUT2D eigenvalue weighted by molar-refractivity contribution is -0.0504. The first-order chi connectivity index (χ1) is 5.52. The normalized spacial score (nSPS) is 22.8. The van der Waals surface area contributed by atoms with Gasteiger partial charge < -0.3 is 10.0 Å². The van der Waals surface area contributed by atoms with Crippen molar-refractivity contribution in [2.75, 3.05) is 26.7 Å². The summed E-state index contributed by atoms with van der Waals surface area (Å²) >= 11 is 0. The standard InChI is InChI=1S/C6H11F2N.C2H6O/c1-9-4-2-6(7,8)3-5-9;1-2-3/h2-5H2,1H3;3H,2H2,1H3. The van der Waals surface area contributed by atoms with E-state index in [1.807, 2.05) is 11.9 Å². The molecule has 2 nitrogen and oxygen atoms in total. The van der Waals surface area contributed by atoms with Crippen LogP contribution in [0.15, 0.2) is 0 Å². The van der Waals surface area contributed by atoms with Gasteiger partial charge in [0.1, 0.15) is 0 Å². The summed E-state index contributed by atoms with van der Waals surface area (Å²) in [6.07, 6.45) is 0.0625. The Morgan fingerprint density at radius 1 is 1.33 bits per heavy atom. The fraction of sp³-hybridized carbons (Fsp3) is 1.00. The molecule has 1 heterocycles. The first kappa shape index (κ1) is 11.8. The third kappa shape index (κ3) is 5.43. The van der Waals surface area contributed by atoms with Crippen molar-refractivity contribution in [3.63, 3.8) is 0 Å². The van der Waals surface area contributed by atoms with E-state index in [0.717, 1.165) is 0 Å². The number of hydrogen-bond donors (Lipinski definition) is 1. The summed E-state index contributed by atoms with van der Waals surface area (Å²) < 4.78 is 24.7. The highest BCUT2D eigenvalue weighted by Gasteiger charge is 2.32. The molecule has 1 fully saturated rings. The van der Waals surface area contributed by atoms with Crippen molar-refractivity contribution in [3.05, 3.63) is 0 Å². The predicted molar refractivity (Wildman–Crippen MR) is 44.4 cm³/mol. The van der Waals surface area contributed by atoms with Crippen LogP contribution in [-0.2, 0) is 0 Å². The minimum absolute atomic E-state index is 0.0312. The summed E-state index contributed by atoms with van der Waals surface area (Å²) in [5.74, 6) is -2.38. The third-order valence-electron chi connectivity index (χ3n) is 1.72. The molecule has 0 spiro atoms. The van der Waals surface area contributed by atoms with Gasteiger partial charge in [-0.15, -0.1) is 0 Å². The van der Waals surface area contributed by atoms with Crippen molar-refractivity contribution in [1.29, 1.82) is 0 Å². The van der Waals surface area contributed by atoms with Gasteiger partial charge in [-0.3, -0.25) is 0 Å². The van der Waals surface area contributed by atoms with E-state index in [1.54, 1.807) is 6.92 Å². The molecule has 0 radical (unpaired) electrons. The molecule has 1 aliphatic rings. The fourth-order valence-electron chi connectivity index (χ4n) is 0.946.